The maximum atomic E-state index is 9.84. The van der Waals surface area contributed by atoms with Crippen LogP contribution in [0, 0.1) is 11.3 Å². The van der Waals surface area contributed by atoms with E-state index in [9.17, 15) is 15.3 Å². The molecule has 15 heavy (non-hydrogen) atoms. The molecule has 0 amide bonds. The summed E-state index contributed by atoms with van der Waals surface area (Å²) in [7, 11) is 0. The van der Waals surface area contributed by atoms with E-state index in [4.69, 9.17) is 9.84 Å². The summed E-state index contributed by atoms with van der Waals surface area (Å²) >= 11 is 0. The molecule has 5 nitrogen and oxygen atoms in total. The molecule has 0 saturated carbocycles. The minimum atomic E-state index is -1.17. The van der Waals surface area contributed by atoms with Gasteiger partial charge in [-0.25, -0.2) is 0 Å². The molecule has 0 radical (unpaired) electrons. The van der Waals surface area contributed by atoms with Crippen LogP contribution in [-0.2, 0) is 4.74 Å². The topological polar surface area (TPSA) is 90.2 Å². The van der Waals surface area contributed by atoms with Crippen LogP contribution < -0.4 is 0 Å². The summed E-state index contributed by atoms with van der Waals surface area (Å²) in [6.45, 7) is 5.12. The molecule has 0 aromatic carbocycles. The van der Waals surface area contributed by atoms with Crippen LogP contribution in [0.15, 0.2) is 0 Å². The number of aliphatic hydroxyl groups is 4. The molecule has 0 aromatic heterocycles. The molecule has 90 valence electrons. The van der Waals surface area contributed by atoms with E-state index in [1.54, 1.807) is 0 Å². The fourth-order valence-corrected chi connectivity index (χ4v) is 2.04. The molecule has 4 N–H and O–H groups in total. The molecular weight excluding hydrogens is 200 g/mol. The highest BCUT2D eigenvalue weighted by Crippen LogP contribution is 2.37. The number of rotatable bonds is 1. The van der Waals surface area contributed by atoms with E-state index in [1.807, 2.05) is 20.8 Å². The Kier molecular flexibility index (Phi) is 3.73. The van der Waals surface area contributed by atoms with Crippen molar-refractivity contribution in [3.8, 4) is 0 Å². The largest absolute Gasteiger partial charge is 0.394 e. The highest BCUT2D eigenvalue weighted by atomic mass is 16.6. The highest BCUT2D eigenvalue weighted by molar-refractivity contribution is 4.93. The molecule has 1 saturated heterocycles. The van der Waals surface area contributed by atoms with Crippen molar-refractivity contribution < 1.29 is 25.2 Å². The highest BCUT2D eigenvalue weighted by Gasteiger charge is 2.48. The van der Waals surface area contributed by atoms with Gasteiger partial charge in [0.05, 0.1) is 12.7 Å². The summed E-state index contributed by atoms with van der Waals surface area (Å²) in [4.78, 5) is 0. The fraction of sp³-hybridized carbons (Fsp3) is 1.00. The lowest BCUT2D eigenvalue weighted by molar-refractivity contribution is -0.286. The predicted molar refractivity (Wildman–Crippen MR) is 52.9 cm³/mol. The molecule has 3 unspecified atom stereocenters. The van der Waals surface area contributed by atoms with Crippen LogP contribution in [0.2, 0.25) is 0 Å². The van der Waals surface area contributed by atoms with Gasteiger partial charge < -0.3 is 25.2 Å². The maximum absolute atomic E-state index is 9.84. The van der Waals surface area contributed by atoms with Gasteiger partial charge in [-0.3, -0.25) is 0 Å². The third kappa shape index (κ3) is 2.49. The van der Waals surface area contributed by atoms with E-state index in [2.05, 4.69) is 0 Å². The summed E-state index contributed by atoms with van der Waals surface area (Å²) in [5, 5.41) is 38.1. The summed E-state index contributed by atoms with van der Waals surface area (Å²) in [6.07, 6.45) is -4.34. The van der Waals surface area contributed by atoms with Gasteiger partial charge in [0.1, 0.15) is 12.2 Å². The number of ether oxygens (including phenoxy) is 1. The summed E-state index contributed by atoms with van der Waals surface area (Å²) in [6, 6.07) is 0. The van der Waals surface area contributed by atoms with Gasteiger partial charge in [0, 0.05) is 5.92 Å². The SMILES string of the molecule is CC(C)(C)C1C(O)[C@@H](O)C(CO)O[C@@H]1O. The smallest absolute Gasteiger partial charge is 0.161 e. The Bertz CT molecular complexity index is 212. The quantitative estimate of drug-likeness (QED) is 0.459. The van der Waals surface area contributed by atoms with Crippen LogP contribution >= 0.6 is 0 Å². The lowest BCUT2D eigenvalue weighted by atomic mass is 9.73. The van der Waals surface area contributed by atoms with Gasteiger partial charge in [0.2, 0.25) is 0 Å². The zero-order chi connectivity index (χ0) is 11.8. The Hall–Kier alpha value is -0.200. The predicted octanol–water partition coefficient (Wildman–Crippen LogP) is -0.920. The minimum absolute atomic E-state index is 0.389. The van der Waals surface area contributed by atoms with Gasteiger partial charge in [0.25, 0.3) is 0 Å². The molecule has 0 spiro atoms. The molecule has 1 heterocycles. The lowest BCUT2D eigenvalue weighted by Crippen LogP contribution is -2.58. The van der Waals surface area contributed by atoms with Gasteiger partial charge in [0.15, 0.2) is 6.29 Å². The third-order valence-electron chi connectivity index (χ3n) is 2.90. The molecule has 5 atom stereocenters. The van der Waals surface area contributed by atoms with Crippen LogP contribution in [0.25, 0.3) is 0 Å². The molecular formula is C10H20O5. The number of aliphatic hydroxyl groups excluding tert-OH is 4. The fourth-order valence-electron chi connectivity index (χ4n) is 2.04. The number of hydrogen-bond donors (Lipinski definition) is 4. The van der Waals surface area contributed by atoms with Gasteiger partial charge >= 0.3 is 0 Å². The maximum Gasteiger partial charge on any atom is 0.161 e. The first kappa shape index (κ1) is 12.9. The van der Waals surface area contributed by atoms with Crippen molar-refractivity contribution in [1.29, 1.82) is 0 Å². The van der Waals surface area contributed by atoms with E-state index in [-0.39, 0.29) is 5.41 Å². The average molecular weight is 220 g/mol. The van der Waals surface area contributed by atoms with E-state index in [0.717, 1.165) is 0 Å². The summed E-state index contributed by atoms with van der Waals surface area (Å²) < 4.78 is 5.05. The van der Waals surface area contributed by atoms with Crippen molar-refractivity contribution >= 4 is 0 Å². The molecule has 1 aliphatic heterocycles. The standard InChI is InChI=1S/C10H20O5/c1-10(2,3)6-8(13)7(12)5(4-11)15-9(6)14/h5-9,11-14H,4H2,1-3H3/t5?,6?,7-,8?,9-/m0/s1. The second-order valence-electron chi connectivity index (χ2n) is 5.12. The Morgan fingerprint density at radius 2 is 1.60 bits per heavy atom. The van der Waals surface area contributed by atoms with Gasteiger partial charge in [-0.1, -0.05) is 20.8 Å². The minimum Gasteiger partial charge on any atom is -0.394 e. The van der Waals surface area contributed by atoms with Gasteiger partial charge in [-0.05, 0) is 5.41 Å². The van der Waals surface area contributed by atoms with Crippen molar-refractivity contribution in [2.24, 2.45) is 11.3 Å². The first-order valence-electron chi connectivity index (χ1n) is 5.09. The second kappa shape index (κ2) is 4.35. The molecule has 5 heteroatoms. The van der Waals surface area contributed by atoms with E-state index >= 15 is 0 Å². The van der Waals surface area contributed by atoms with Gasteiger partial charge in [-0.2, -0.15) is 0 Å². The zero-order valence-corrected chi connectivity index (χ0v) is 9.29. The first-order valence-corrected chi connectivity index (χ1v) is 5.09. The van der Waals surface area contributed by atoms with E-state index in [1.165, 1.54) is 0 Å². The van der Waals surface area contributed by atoms with Gasteiger partial charge in [-0.15, -0.1) is 0 Å². The molecule has 1 fully saturated rings. The van der Waals surface area contributed by atoms with Crippen molar-refractivity contribution in [3.05, 3.63) is 0 Å². The molecule has 1 aliphatic rings. The molecule has 1 rings (SSSR count). The summed E-state index contributed by atoms with van der Waals surface area (Å²) in [5.41, 5.74) is -0.389. The van der Waals surface area contributed by atoms with Crippen LogP contribution in [0.1, 0.15) is 20.8 Å². The van der Waals surface area contributed by atoms with Crippen LogP contribution in [0.4, 0.5) is 0 Å². The van der Waals surface area contributed by atoms with Crippen LogP contribution in [0.3, 0.4) is 0 Å². The van der Waals surface area contributed by atoms with Crippen molar-refractivity contribution in [2.45, 2.75) is 45.4 Å². The Morgan fingerprint density at radius 3 is 2.00 bits per heavy atom. The monoisotopic (exact) mass is 220 g/mol. The third-order valence-corrected chi connectivity index (χ3v) is 2.90. The Balaban J connectivity index is 2.84. The lowest BCUT2D eigenvalue weighted by Gasteiger charge is -2.45. The number of hydrogen-bond acceptors (Lipinski definition) is 5. The van der Waals surface area contributed by atoms with Crippen molar-refractivity contribution in [3.63, 3.8) is 0 Å². The van der Waals surface area contributed by atoms with E-state index < -0.39 is 37.1 Å². The average Bonchev–Trinajstić information content (AvgIpc) is 2.09. The Labute approximate surface area is 89.3 Å². The first-order chi connectivity index (χ1) is 6.79. The second-order valence-corrected chi connectivity index (χ2v) is 5.12. The molecule has 0 aromatic rings. The molecule has 0 bridgehead atoms. The Morgan fingerprint density at radius 1 is 1.07 bits per heavy atom. The van der Waals surface area contributed by atoms with E-state index in [0.29, 0.717) is 0 Å². The van der Waals surface area contributed by atoms with Crippen LogP contribution in [-0.4, -0.2) is 51.6 Å². The molecule has 0 aliphatic carbocycles. The van der Waals surface area contributed by atoms with Crippen LogP contribution in [0.5, 0.6) is 0 Å². The zero-order valence-electron chi connectivity index (χ0n) is 9.29. The normalized spacial score (nSPS) is 43.0. The summed E-state index contributed by atoms with van der Waals surface area (Å²) in [5.74, 6) is -0.574. The van der Waals surface area contributed by atoms with Crippen molar-refractivity contribution in [2.75, 3.05) is 6.61 Å². The van der Waals surface area contributed by atoms with Crippen molar-refractivity contribution in [1.82, 2.24) is 0 Å².